The molecule has 0 aliphatic carbocycles. The van der Waals surface area contributed by atoms with Gasteiger partial charge in [0.15, 0.2) is 0 Å². The number of nitrogens with zero attached hydrogens (tertiary/aromatic N) is 3. The molecule has 0 amide bonds. The third-order valence-corrected chi connectivity index (χ3v) is 8.31. The maximum absolute atomic E-state index is 8.39. The molecule has 0 spiro atoms. The molecule has 3 aromatic heterocycles. The quantitative estimate of drug-likeness (QED) is 0.166. The topological polar surface area (TPSA) is 43.9 Å². The largest absolute Gasteiger partial charge is 0.501 e. The van der Waals surface area contributed by atoms with Crippen molar-refractivity contribution < 1.29 is 34.1 Å². The molecule has 5 heteroatoms. The predicted molar refractivity (Wildman–Crippen MR) is 194 cm³/mol. The molecular formula is C43H37IrN3O-2. The number of benzene rings is 5. The number of imidazole rings is 1. The van der Waals surface area contributed by atoms with Crippen LogP contribution < -0.4 is 0 Å². The second-order valence-corrected chi connectivity index (χ2v) is 11.8. The minimum absolute atomic E-state index is 0. The molecule has 0 aliphatic rings. The molecule has 1 radical (unpaired) electrons. The van der Waals surface area contributed by atoms with E-state index in [9.17, 15) is 0 Å². The number of para-hydroxylation sites is 4. The fourth-order valence-corrected chi connectivity index (χ4v) is 6.04. The molecule has 0 unspecified atom stereocenters. The zero-order valence-electron chi connectivity index (χ0n) is 34.0. The minimum atomic E-state index is -2.33. The smallest absolute Gasteiger partial charge is 0.120 e. The number of hydrogen-bond donors (Lipinski definition) is 0. The number of rotatable bonds is 4. The summed E-state index contributed by atoms with van der Waals surface area (Å²) in [4.78, 5) is 9.20. The predicted octanol–water partition coefficient (Wildman–Crippen LogP) is 11.3. The normalized spacial score (nSPS) is 14.0. The Bertz CT molecular complexity index is 2630. The van der Waals surface area contributed by atoms with Gasteiger partial charge in [0.25, 0.3) is 0 Å². The van der Waals surface area contributed by atoms with E-state index in [-0.39, 0.29) is 31.2 Å². The molecule has 241 valence electrons. The summed E-state index contributed by atoms with van der Waals surface area (Å²) in [6.45, 7) is 3.06. The molecule has 0 atom stereocenters. The number of aryl methyl sites for hydroxylation is 4. The van der Waals surface area contributed by atoms with Crippen LogP contribution in [0.2, 0.25) is 0 Å². The minimum Gasteiger partial charge on any atom is -0.501 e. The van der Waals surface area contributed by atoms with Gasteiger partial charge in [-0.1, -0.05) is 86.2 Å². The molecule has 0 saturated carbocycles. The molecule has 5 aromatic carbocycles. The van der Waals surface area contributed by atoms with Gasteiger partial charge in [-0.3, -0.25) is 4.98 Å². The molecular weight excluding hydrogens is 767 g/mol. The fraction of sp³-hybridized carbons (Fsp3) is 0.163. The monoisotopic (exact) mass is 811 g/mol. The van der Waals surface area contributed by atoms with Gasteiger partial charge in [0, 0.05) is 47.0 Å². The van der Waals surface area contributed by atoms with Gasteiger partial charge in [-0.15, -0.1) is 53.6 Å². The molecule has 0 saturated heterocycles. The van der Waals surface area contributed by atoms with Crippen molar-refractivity contribution in [2.24, 2.45) is 0 Å². The number of furan rings is 1. The first-order valence-electron chi connectivity index (χ1n) is 18.9. The van der Waals surface area contributed by atoms with Crippen molar-refractivity contribution in [2.75, 3.05) is 0 Å². The van der Waals surface area contributed by atoms with Gasteiger partial charge in [-0.25, -0.2) is 0 Å². The van der Waals surface area contributed by atoms with Gasteiger partial charge in [0.2, 0.25) is 0 Å². The van der Waals surface area contributed by atoms with Crippen molar-refractivity contribution in [2.45, 2.75) is 47.3 Å². The maximum atomic E-state index is 8.39. The molecule has 0 fully saturated rings. The maximum Gasteiger partial charge on any atom is 0.120 e. The van der Waals surface area contributed by atoms with Crippen molar-refractivity contribution >= 4 is 33.0 Å². The Kier molecular flexibility index (Phi) is 7.21. The van der Waals surface area contributed by atoms with Crippen LogP contribution in [0.25, 0.3) is 61.3 Å². The van der Waals surface area contributed by atoms with E-state index in [1.807, 2.05) is 60.7 Å². The molecule has 8 rings (SSSR count). The Morgan fingerprint density at radius 3 is 2.38 bits per heavy atom. The van der Waals surface area contributed by atoms with E-state index < -0.39 is 19.6 Å². The van der Waals surface area contributed by atoms with E-state index in [1.54, 1.807) is 32.0 Å². The van der Waals surface area contributed by atoms with Crippen LogP contribution in [-0.4, -0.2) is 14.5 Å². The molecule has 48 heavy (non-hydrogen) atoms. The van der Waals surface area contributed by atoms with Gasteiger partial charge in [-0.05, 0) is 72.7 Å². The Balaban J connectivity index is 0.000000184. The van der Waals surface area contributed by atoms with Gasteiger partial charge in [0.05, 0.1) is 22.4 Å². The number of fused-ring (bicyclic) bond motifs is 4. The van der Waals surface area contributed by atoms with Crippen LogP contribution in [0.1, 0.15) is 57.2 Å². The Morgan fingerprint density at radius 1 is 0.833 bits per heavy atom. The zero-order valence-corrected chi connectivity index (χ0v) is 29.4. The van der Waals surface area contributed by atoms with E-state index in [0.717, 1.165) is 55.6 Å². The number of pyridine rings is 1. The van der Waals surface area contributed by atoms with E-state index in [1.165, 1.54) is 12.3 Å². The van der Waals surface area contributed by atoms with E-state index in [0.29, 0.717) is 22.4 Å². The molecule has 0 bridgehead atoms. The average molecular weight is 811 g/mol. The van der Waals surface area contributed by atoms with Crippen LogP contribution in [0.4, 0.5) is 0 Å². The third-order valence-electron chi connectivity index (χ3n) is 8.31. The van der Waals surface area contributed by atoms with Crippen LogP contribution in [0, 0.1) is 39.7 Å². The van der Waals surface area contributed by atoms with E-state index in [4.69, 9.17) is 19.0 Å². The second-order valence-electron chi connectivity index (χ2n) is 11.8. The Morgan fingerprint density at radius 2 is 1.62 bits per heavy atom. The molecule has 4 nitrogen and oxygen atoms in total. The van der Waals surface area contributed by atoms with Gasteiger partial charge >= 0.3 is 0 Å². The SMILES string of the molecule is [2H]C([2H])([2H])c1c[c-]c(-c2nc3ccccc3n2-c2c(C)cccc2C)cc1.[2H]C([2H])([2H])c1cnc(-c2[c-]ccc3c2oc2ccccc23)cc1C([2H])(C)C.[Ir]. The van der Waals surface area contributed by atoms with Gasteiger partial charge < -0.3 is 14.0 Å². The van der Waals surface area contributed by atoms with Crippen molar-refractivity contribution in [3.63, 3.8) is 0 Å². The summed E-state index contributed by atoms with van der Waals surface area (Å²) in [6, 6.07) is 38.7. The first kappa shape index (κ1) is 25.2. The van der Waals surface area contributed by atoms with Gasteiger partial charge in [-0.2, -0.15) is 0 Å². The van der Waals surface area contributed by atoms with E-state index in [2.05, 4.69) is 53.7 Å². The summed E-state index contributed by atoms with van der Waals surface area (Å²) in [5.41, 5.74) is 9.50. The summed E-state index contributed by atoms with van der Waals surface area (Å²) in [5.74, 6) is -0.325. The molecule has 3 heterocycles. The van der Waals surface area contributed by atoms with Crippen molar-refractivity contribution in [3.8, 4) is 28.3 Å². The second kappa shape index (κ2) is 13.7. The standard InChI is InChI=1S/C22H19N2.C21H18NO.Ir/c1-15-11-13-18(14-12-15)22-23-19-9-4-5-10-20(19)24(22)21-16(2)7-6-8-17(21)3;1-13(2)18-11-19(22-12-14(18)3)17-9-6-8-16-15-7-4-5-10-20(15)23-21(16)17;/h4-13H,1-3H3;4-8,10-13H,1-3H3;/q2*-1;/i1D3;3D3,13D;. The van der Waals surface area contributed by atoms with Crippen molar-refractivity contribution in [1.82, 2.24) is 14.5 Å². The van der Waals surface area contributed by atoms with Crippen LogP contribution in [-0.2, 0) is 20.1 Å². The summed E-state index contributed by atoms with van der Waals surface area (Å²) >= 11 is 0. The summed E-state index contributed by atoms with van der Waals surface area (Å²) in [5, 5.41) is 1.95. The van der Waals surface area contributed by atoms with Crippen LogP contribution in [0.5, 0.6) is 0 Å². The Hall–Kier alpha value is -4.83. The van der Waals surface area contributed by atoms with Crippen molar-refractivity contribution in [3.05, 3.63) is 149 Å². The Labute approximate surface area is 305 Å². The van der Waals surface area contributed by atoms with E-state index >= 15 is 0 Å². The zero-order chi connectivity index (χ0) is 38.6. The van der Waals surface area contributed by atoms with Crippen LogP contribution in [0.15, 0.2) is 114 Å². The fourth-order valence-electron chi connectivity index (χ4n) is 6.04. The summed E-state index contributed by atoms with van der Waals surface area (Å²) in [6.07, 6.45) is 1.35. The first-order valence-corrected chi connectivity index (χ1v) is 15.4. The molecule has 0 aliphatic heterocycles. The first-order chi connectivity index (χ1) is 25.5. The molecule has 8 aromatic rings. The average Bonchev–Trinajstić information content (AvgIpc) is 3.70. The van der Waals surface area contributed by atoms with Crippen LogP contribution >= 0.6 is 0 Å². The summed E-state index contributed by atoms with van der Waals surface area (Å²) in [7, 11) is 0. The molecule has 0 N–H and O–H groups in total. The van der Waals surface area contributed by atoms with Crippen molar-refractivity contribution in [1.29, 1.82) is 0 Å². The van der Waals surface area contributed by atoms with Gasteiger partial charge in [0.1, 0.15) is 5.58 Å². The number of hydrogen-bond acceptors (Lipinski definition) is 3. The summed E-state index contributed by atoms with van der Waals surface area (Å²) < 4.78 is 62.5. The van der Waals surface area contributed by atoms with Crippen LogP contribution in [0.3, 0.4) is 0 Å². The third kappa shape index (κ3) is 6.12. The number of aromatic nitrogens is 3.